The maximum atomic E-state index is 12.8. The Morgan fingerprint density at radius 1 is 1.05 bits per heavy atom. The molecule has 0 bridgehead atoms. The van der Waals surface area contributed by atoms with Crippen LogP contribution in [0.2, 0.25) is 0 Å². The summed E-state index contributed by atoms with van der Waals surface area (Å²) in [5, 5.41) is 0. The van der Waals surface area contributed by atoms with E-state index in [2.05, 4.69) is 11.6 Å². The molecule has 1 heterocycles. The van der Waals surface area contributed by atoms with Crippen molar-refractivity contribution in [3.63, 3.8) is 0 Å². The van der Waals surface area contributed by atoms with Gasteiger partial charge in [-0.3, -0.25) is 9.48 Å². The van der Waals surface area contributed by atoms with E-state index in [1.165, 1.54) is 44.9 Å². The van der Waals surface area contributed by atoms with Gasteiger partial charge in [0.15, 0.2) is 0 Å². The Morgan fingerprint density at radius 3 is 2.29 bits per heavy atom. The molecule has 4 nitrogen and oxygen atoms in total. The first-order valence-corrected chi connectivity index (χ1v) is 8.84. The van der Waals surface area contributed by atoms with Crippen molar-refractivity contribution < 1.29 is 0 Å². The van der Waals surface area contributed by atoms with Crippen molar-refractivity contribution in [1.82, 2.24) is 9.36 Å². The number of anilines is 1. The zero-order chi connectivity index (χ0) is 14.8. The van der Waals surface area contributed by atoms with Crippen LogP contribution in [0.15, 0.2) is 4.79 Å². The summed E-state index contributed by atoms with van der Waals surface area (Å²) in [6, 6.07) is 0.371. The van der Waals surface area contributed by atoms with Gasteiger partial charge in [-0.1, -0.05) is 39.0 Å². The molecule has 0 spiro atoms. The number of nitrogen functional groups attached to an aromatic ring is 1. The van der Waals surface area contributed by atoms with E-state index in [0.29, 0.717) is 17.6 Å². The quantitative estimate of drug-likeness (QED) is 0.917. The summed E-state index contributed by atoms with van der Waals surface area (Å²) in [6.07, 6.45) is 12.1. The highest BCUT2D eigenvalue weighted by atomic mass is 16.1. The zero-order valence-corrected chi connectivity index (χ0v) is 13.3. The van der Waals surface area contributed by atoms with Crippen LogP contribution in [-0.4, -0.2) is 9.36 Å². The SMILES string of the molecule is CCCn1c(C2CCCC2)c(N)c(=O)n1C1CCCCC1. The van der Waals surface area contributed by atoms with Crippen molar-refractivity contribution in [2.24, 2.45) is 0 Å². The van der Waals surface area contributed by atoms with E-state index in [0.717, 1.165) is 31.5 Å². The largest absolute Gasteiger partial charge is 0.393 e. The first-order chi connectivity index (χ1) is 10.2. The predicted octanol–water partition coefficient (Wildman–Crippen LogP) is 3.80. The molecule has 1 aromatic heterocycles. The Hall–Kier alpha value is -1.19. The summed E-state index contributed by atoms with van der Waals surface area (Å²) in [5.41, 5.74) is 8.05. The molecule has 21 heavy (non-hydrogen) atoms. The van der Waals surface area contributed by atoms with Crippen LogP contribution in [0.25, 0.3) is 0 Å². The van der Waals surface area contributed by atoms with Crippen LogP contribution < -0.4 is 11.3 Å². The molecule has 3 rings (SSSR count). The lowest BCUT2D eigenvalue weighted by Crippen LogP contribution is -2.30. The minimum atomic E-state index is 0.0808. The smallest absolute Gasteiger partial charge is 0.290 e. The minimum absolute atomic E-state index is 0.0808. The molecule has 0 saturated heterocycles. The van der Waals surface area contributed by atoms with Crippen molar-refractivity contribution in [3.8, 4) is 0 Å². The third kappa shape index (κ3) is 2.65. The summed E-state index contributed by atoms with van der Waals surface area (Å²) < 4.78 is 4.30. The van der Waals surface area contributed by atoms with Crippen LogP contribution in [0.3, 0.4) is 0 Å². The fourth-order valence-electron chi connectivity index (χ4n) is 4.36. The zero-order valence-electron chi connectivity index (χ0n) is 13.3. The molecule has 2 aliphatic rings. The highest BCUT2D eigenvalue weighted by Crippen LogP contribution is 2.37. The third-order valence-electron chi connectivity index (χ3n) is 5.35. The maximum Gasteiger partial charge on any atom is 0.290 e. The van der Waals surface area contributed by atoms with Crippen LogP contribution >= 0.6 is 0 Å². The second-order valence-corrected chi connectivity index (χ2v) is 6.84. The lowest BCUT2D eigenvalue weighted by molar-refractivity contribution is 0.275. The normalized spacial score (nSPS) is 21.2. The van der Waals surface area contributed by atoms with Gasteiger partial charge in [-0.2, -0.15) is 0 Å². The van der Waals surface area contributed by atoms with Gasteiger partial charge in [0.25, 0.3) is 5.56 Å². The second-order valence-electron chi connectivity index (χ2n) is 6.84. The third-order valence-corrected chi connectivity index (χ3v) is 5.35. The Balaban J connectivity index is 2.05. The average Bonchev–Trinajstić information content (AvgIpc) is 3.09. The molecule has 0 atom stereocenters. The number of hydrogen-bond donors (Lipinski definition) is 1. The molecule has 0 radical (unpaired) electrons. The first-order valence-electron chi connectivity index (χ1n) is 8.84. The van der Waals surface area contributed by atoms with Gasteiger partial charge in [0.1, 0.15) is 5.69 Å². The number of rotatable bonds is 4. The Kier molecular flexibility index (Phi) is 4.41. The summed E-state index contributed by atoms with van der Waals surface area (Å²) in [6.45, 7) is 3.11. The van der Waals surface area contributed by atoms with E-state index in [9.17, 15) is 4.79 Å². The molecule has 118 valence electrons. The summed E-state index contributed by atoms with van der Waals surface area (Å²) in [5.74, 6) is 0.508. The second kappa shape index (κ2) is 6.29. The molecule has 0 aromatic carbocycles. The maximum absolute atomic E-state index is 12.8. The van der Waals surface area contributed by atoms with Crippen molar-refractivity contribution in [3.05, 3.63) is 16.0 Å². The molecule has 0 amide bonds. The van der Waals surface area contributed by atoms with Crippen molar-refractivity contribution >= 4 is 5.69 Å². The molecular formula is C17H29N3O. The monoisotopic (exact) mass is 291 g/mol. The van der Waals surface area contributed by atoms with Crippen LogP contribution in [-0.2, 0) is 6.54 Å². The summed E-state index contributed by atoms with van der Waals surface area (Å²) in [4.78, 5) is 12.8. The van der Waals surface area contributed by atoms with Gasteiger partial charge in [0.2, 0.25) is 0 Å². The number of nitrogens with zero attached hydrogens (tertiary/aromatic N) is 2. The van der Waals surface area contributed by atoms with Gasteiger partial charge >= 0.3 is 0 Å². The fourth-order valence-corrected chi connectivity index (χ4v) is 4.36. The van der Waals surface area contributed by atoms with Gasteiger partial charge in [0.05, 0.1) is 11.7 Å². The van der Waals surface area contributed by atoms with Crippen molar-refractivity contribution in [2.45, 2.75) is 89.6 Å². The molecule has 0 aliphatic heterocycles. The number of aromatic nitrogens is 2. The first kappa shape index (κ1) is 14.7. The van der Waals surface area contributed by atoms with Crippen LogP contribution in [0, 0.1) is 0 Å². The highest BCUT2D eigenvalue weighted by molar-refractivity contribution is 5.44. The lowest BCUT2D eigenvalue weighted by Gasteiger charge is -2.27. The molecule has 0 unspecified atom stereocenters. The van der Waals surface area contributed by atoms with E-state index >= 15 is 0 Å². The van der Waals surface area contributed by atoms with E-state index in [1.54, 1.807) is 0 Å². The topological polar surface area (TPSA) is 52.9 Å². The molecule has 2 saturated carbocycles. The molecular weight excluding hydrogens is 262 g/mol. The standard InChI is InChI=1S/C17H29N3O/c1-2-12-19-16(13-8-6-7-9-13)15(18)17(21)20(19)14-10-4-3-5-11-14/h13-14H,2-12,18H2,1H3. The predicted molar refractivity (Wildman–Crippen MR) is 86.7 cm³/mol. The van der Waals surface area contributed by atoms with Gasteiger partial charge in [-0.05, 0) is 32.1 Å². The minimum Gasteiger partial charge on any atom is -0.393 e. The van der Waals surface area contributed by atoms with Crippen molar-refractivity contribution in [2.75, 3.05) is 5.73 Å². The molecule has 2 aliphatic carbocycles. The Labute approximate surface area is 127 Å². The van der Waals surface area contributed by atoms with Crippen LogP contribution in [0.5, 0.6) is 0 Å². The highest BCUT2D eigenvalue weighted by Gasteiger charge is 2.30. The number of hydrogen-bond acceptors (Lipinski definition) is 2. The number of nitrogens with two attached hydrogens (primary N) is 1. The van der Waals surface area contributed by atoms with E-state index in [1.807, 2.05) is 4.68 Å². The van der Waals surface area contributed by atoms with E-state index in [4.69, 9.17) is 5.73 Å². The molecule has 1 aromatic rings. The molecule has 4 heteroatoms. The van der Waals surface area contributed by atoms with Gasteiger partial charge < -0.3 is 5.73 Å². The van der Waals surface area contributed by atoms with E-state index in [-0.39, 0.29) is 5.56 Å². The van der Waals surface area contributed by atoms with Gasteiger partial charge in [-0.25, -0.2) is 4.68 Å². The van der Waals surface area contributed by atoms with Crippen molar-refractivity contribution in [1.29, 1.82) is 0 Å². The fraction of sp³-hybridized carbons (Fsp3) is 0.824. The Morgan fingerprint density at radius 2 is 1.67 bits per heavy atom. The van der Waals surface area contributed by atoms with Gasteiger partial charge in [0, 0.05) is 12.5 Å². The van der Waals surface area contributed by atoms with Gasteiger partial charge in [-0.15, -0.1) is 0 Å². The molecule has 2 N–H and O–H groups in total. The van der Waals surface area contributed by atoms with Crippen LogP contribution in [0.4, 0.5) is 5.69 Å². The summed E-state index contributed by atoms with van der Waals surface area (Å²) >= 11 is 0. The van der Waals surface area contributed by atoms with Crippen LogP contribution in [0.1, 0.15) is 88.8 Å². The summed E-state index contributed by atoms with van der Waals surface area (Å²) in [7, 11) is 0. The lowest BCUT2D eigenvalue weighted by atomic mass is 9.96. The van der Waals surface area contributed by atoms with E-state index < -0.39 is 0 Å². The average molecular weight is 291 g/mol. The molecule has 2 fully saturated rings. The Bertz CT molecular complexity index is 531.